The maximum Gasteiger partial charge on any atom is 0.341 e. The Balaban J connectivity index is 1.78. The molecular formula is C21H22N2O3. The quantitative estimate of drug-likeness (QED) is 0.505. The van der Waals surface area contributed by atoms with Crippen molar-refractivity contribution in [3.8, 4) is 0 Å². The molecule has 5 nitrogen and oxygen atoms in total. The molecule has 1 fully saturated rings. The number of likely N-dealkylation sites (N-methyl/N-ethyl adjacent to an activating group) is 1. The van der Waals surface area contributed by atoms with E-state index in [0.29, 0.717) is 18.7 Å². The Hall–Kier alpha value is -2.66. The molecule has 0 unspecified atom stereocenters. The molecule has 0 aliphatic heterocycles. The lowest BCUT2D eigenvalue weighted by Gasteiger charge is -2.09. The van der Waals surface area contributed by atoms with Gasteiger partial charge in [-0.15, -0.1) is 0 Å². The van der Waals surface area contributed by atoms with Crippen molar-refractivity contribution in [1.82, 2.24) is 9.30 Å². The van der Waals surface area contributed by atoms with Gasteiger partial charge in [0.05, 0.1) is 16.6 Å². The van der Waals surface area contributed by atoms with Gasteiger partial charge >= 0.3 is 5.97 Å². The normalized spacial score (nSPS) is 14.3. The van der Waals surface area contributed by atoms with E-state index < -0.39 is 0 Å². The van der Waals surface area contributed by atoms with Crippen LogP contribution in [0.1, 0.15) is 33.6 Å². The molecule has 1 aromatic carbocycles. The lowest BCUT2D eigenvalue weighted by Crippen LogP contribution is -2.20. The van der Waals surface area contributed by atoms with Crippen molar-refractivity contribution in [3.63, 3.8) is 0 Å². The highest BCUT2D eigenvalue weighted by atomic mass is 16.5. The van der Waals surface area contributed by atoms with Crippen molar-refractivity contribution in [3.05, 3.63) is 53.7 Å². The predicted molar refractivity (Wildman–Crippen MR) is 101 cm³/mol. The van der Waals surface area contributed by atoms with E-state index in [1.165, 1.54) is 0 Å². The van der Waals surface area contributed by atoms with Crippen LogP contribution >= 0.6 is 0 Å². The van der Waals surface area contributed by atoms with Crippen molar-refractivity contribution >= 4 is 28.2 Å². The Kier molecular flexibility index (Phi) is 4.24. The first-order chi connectivity index (χ1) is 12.6. The Labute approximate surface area is 152 Å². The highest BCUT2D eigenvalue weighted by Crippen LogP contribution is 2.34. The lowest BCUT2D eigenvalue weighted by atomic mass is 10.0. The zero-order valence-electron chi connectivity index (χ0n) is 15.1. The van der Waals surface area contributed by atoms with E-state index in [9.17, 15) is 9.59 Å². The molecule has 2 heterocycles. The number of esters is 1. The second-order valence-electron chi connectivity index (χ2n) is 7.14. The molecule has 0 saturated heterocycles. The minimum atomic E-state index is -0.327. The molecule has 1 aliphatic rings. The molecule has 0 spiro atoms. The summed E-state index contributed by atoms with van der Waals surface area (Å²) in [6, 6.07) is 11.3. The van der Waals surface area contributed by atoms with E-state index in [4.69, 9.17) is 4.74 Å². The number of ketones is 1. The molecule has 2 aromatic heterocycles. The summed E-state index contributed by atoms with van der Waals surface area (Å²) in [5.74, 6) is 0.0499. The predicted octanol–water partition coefficient (Wildman–Crippen LogP) is 3.40. The number of carbonyl (C=O) groups excluding carboxylic acids is 2. The van der Waals surface area contributed by atoms with Gasteiger partial charge in [-0.05, 0) is 45.1 Å². The van der Waals surface area contributed by atoms with Gasteiger partial charge in [0.25, 0.3) is 0 Å². The van der Waals surface area contributed by atoms with Gasteiger partial charge in [-0.3, -0.25) is 4.79 Å². The first-order valence-corrected chi connectivity index (χ1v) is 8.95. The van der Waals surface area contributed by atoms with Crippen LogP contribution in [0.15, 0.2) is 42.6 Å². The van der Waals surface area contributed by atoms with Crippen LogP contribution in [0.25, 0.3) is 16.4 Å². The fourth-order valence-electron chi connectivity index (χ4n) is 3.28. The van der Waals surface area contributed by atoms with Crippen LogP contribution in [0.4, 0.5) is 0 Å². The Morgan fingerprint density at radius 2 is 1.96 bits per heavy atom. The van der Waals surface area contributed by atoms with Crippen LogP contribution in [-0.4, -0.2) is 48.3 Å². The fraction of sp³-hybridized carbons (Fsp3) is 0.333. The number of hydrogen-bond acceptors (Lipinski definition) is 4. The number of carbonyl (C=O) groups is 2. The molecule has 0 N–H and O–H groups in total. The number of ether oxygens (including phenoxy) is 1. The first-order valence-electron chi connectivity index (χ1n) is 8.95. The van der Waals surface area contributed by atoms with Crippen LogP contribution in [-0.2, 0) is 4.74 Å². The Morgan fingerprint density at radius 1 is 1.15 bits per heavy atom. The molecule has 0 atom stereocenters. The smallest absolute Gasteiger partial charge is 0.341 e. The van der Waals surface area contributed by atoms with Crippen LogP contribution in [0.2, 0.25) is 0 Å². The number of nitrogens with zero attached hydrogens (tertiary/aromatic N) is 2. The monoisotopic (exact) mass is 350 g/mol. The van der Waals surface area contributed by atoms with Gasteiger partial charge in [0, 0.05) is 29.6 Å². The third kappa shape index (κ3) is 2.99. The first kappa shape index (κ1) is 16.8. The van der Waals surface area contributed by atoms with Gasteiger partial charge in [-0.1, -0.05) is 18.2 Å². The highest BCUT2D eigenvalue weighted by molar-refractivity contribution is 6.13. The third-order valence-electron chi connectivity index (χ3n) is 4.85. The number of aromatic nitrogens is 1. The van der Waals surface area contributed by atoms with Crippen molar-refractivity contribution in [2.75, 3.05) is 27.2 Å². The Morgan fingerprint density at radius 3 is 2.69 bits per heavy atom. The second-order valence-corrected chi connectivity index (χ2v) is 7.14. The fourth-order valence-corrected chi connectivity index (χ4v) is 3.28. The summed E-state index contributed by atoms with van der Waals surface area (Å²) in [4.78, 5) is 27.1. The lowest BCUT2D eigenvalue weighted by molar-refractivity contribution is 0.0486. The molecule has 1 saturated carbocycles. The minimum Gasteiger partial charge on any atom is -0.461 e. The van der Waals surface area contributed by atoms with Gasteiger partial charge in [0.1, 0.15) is 6.61 Å². The molecule has 3 aromatic rings. The van der Waals surface area contributed by atoms with E-state index in [0.717, 1.165) is 34.8 Å². The average Bonchev–Trinajstić information content (AvgIpc) is 3.42. The topological polar surface area (TPSA) is 51.0 Å². The molecule has 0 bridgehead atoms. The molecule has 5 heteroatoms. The standard InChI is InChI=1S/C21H22N2O3/c1-22(2)11-12-26-21(25)19-16-9-8-15(20(24)14-6-7-14)13-18(16)23-10-4-3-5-17(19)23/h3-5,8-10,13-14H,6-7,11-12H2,1-2H3. The minimum absolute atomic E-state index is 0.175. The highest BCUT2D eigenvalue weighted by Gasteiger charge is 2.31. The van der Waals surface area contributed by atoms with Gasteiger partial charge in [0.2, 0.25) is 0 Å². The number of fused-ring (bicyclic) bond motifs is 3. The zero-order valence-corrected chi connectivity index (χ0v) is 15.1. The van der Waals surface area contributed by atoms with Gasteiger partial charge < -0.3 is 14.0 Å². The van der Waals surface area contributed by atoms with Crippen molar-refractivity contribution < 1.29 is 14.3 Å². The zero-order chi connectivity index (χ0) is 18.3. The van der Waals surface area contributed by atoms with E-state index in [1.807, 2.05) is 66.0 Å². The van der Waals surface area contributed by atoms with E-state index in [2.05, 4.69) is 0 Å². The van der Waals surface area contributed by atoms with E-state index >= 15 is 0 Å². The summed E-state index contributed by atoms with van der Waals surface area (Å²) < 4.78 is 7.44. The van der Waals surface area contributed by atoms with Crippen LogP contribution < -0.4 is 0 Å². The van der Waals surface area contributed by atoms with E-state index in [-0.39, 0.29) is 17.7 Å². The third-order valence-corrected chi connectivity index (χ3v) is 4.85. The summed E-state index contributed by atoms with van der Waals surface area (Å²) in [5.41, 5.74) is 2.94. The van der Waals surface area contributed by atoms with Crippen LogP contribution in [0.3, 0.4) is 0 Å². The maximum absolute atomic E-state index is 12.7. The second kappa shape index (κ2) is 6.57. The number of Topliss-reactive ketones (excluding diaryl/α,β-unsaturated/α-hetero) is 1. The van der Waals surface area contributed by atoms with Crippen molar-refractivity contribution in [2.24, 2.45) is 5.92 Å². The summed E-state index contributed by atoms with van der Waals surface area (Å²) >= 11 is 0. The molecule has 1 aliphatic carbocycles. The summed E-state index contributed by atoms with van der Waals surface area (Å²) in [6.07, 6.45) is 3.88. The van der Waals surface area contributed by atoms with Gasteiger partial charge in [0.15, 0.2) is 5.78 Å². The molecular weight excluding hydrogens is 328 g/mol. The largest absolute Gasteiger partial charge is 0.461 e. The molecule has 4 rings (SSSR count). The molecule has 0 radical (unpaired) electrons. The number of pyridine rings is 1. The molecule has 26 heavy (non-hydrogen) atoms. The number of benzene rings is 1. The van der Waals surface area contributed by atoms with Crippen molar-refractivity contribution in [1.29, 1.82) is 0 Å². The number of hydrogen-bond donors (Lipinski definition) is 0. The van der Waals surface area contributed by atoms with Gasteiger partial charge in [-0.2, -0.15) is 0 Å². The maximum atomic E-state index is 12.7. The molecule has 0 amide bonds. The van der Waals surface area contributed by atoms with E-state index in [1.54, 1.807) is 0 Å². The van der Waals surface area contributed by atoms with Crippen LogP contribution in [0, 0.1) is 5.92 Å². The number of rotatable bonds is 6. The summed E-state index contributed by atoms with van der Waals surface area (Å²) in [7, 11) is 3.88. The van der Waals surface area contributed by atoms with Gasteiger partial charge in [-0.25, -0.2) is 4.79 Å². The summed E-state index contributed by atoms with van der Waals surface area (Å²) in [6.45, 7) is 1.02. The average molecular weight is 350 g/mol. The Bertz CT molecular complexity index is 999. The molecule has 134 valence electrons. The van der Waals surface area contributed by atoms with Crippen LogP contribution in [0.5, 0.6) is 0 Å². The van der Waals surface area contributed by atoms with Crippen molar-refractivity contribution in [2.45, 2.75) is 12.8 Å². The summed E-state index contributed by atoms with van der Waals surface area (Å²) in [5, 5.41) is 0.818. The SMILES string of the molecule is CN(C)CCOC(=O)c1c2ccc(C(=O)C3CC3)cc2n2ccccc12.